The van der Waals surface area contributed by atoms with Gasteiger partial charge in [-0.1, -0.05) is 42.0 Å². The molecule has 4 heteroatoms. The molecule has 1 aliphatic rings. The number of benzene rings is 2. The maximum absolute atomic E-state index is 12.9. The maximum Gasteiger partial charge on any atom is 0.123 e. The molecule has 0 spiro atoms. The molecule has 0 unspecified atom stereocenters. The van der Waals surface area contributed by atoms with Gasteiger partial charge in [0.1, 0.15) is 12.4 Å². The van der Waals surface area contributed by atoms with Gasteiger partial charge in [-0.2, -0.15) is 5.10 Å². The Morgan fingerprint density at radius 2 is 1.70 bits per heavy atom. The summed E-state index contributed by atoms with van der Waals surface area (Å²) in [5, 5.41) is 6.61. The molecule has 2 aromatic carbocycles. The Kier molecular flexibility index (Phi) is 5.03. The van der Waals surface area contributed by atoms with E-state index >= 15 is 0 Å². The minimum Gasteiger partial charge on any atom is -0.328 e. The van der Waals surface area contributed by atoms with Crippen molar-refractivity contribution in [2.45, 2.75) is 13.5 Å². The summed E-state index contributed by atoms with van der Waals surface area (Å²) in [6, 6.07) is 15.2. The number of piperazine rings is 1. The largest absolute Gasteiger partial charge is 0.328 e. The van der Waals surface area contributed by atoms with Crippen molar-refractivity contribution in [1.29, 1.82) is 0 Å². The maximum atomic E-state index is 12.9. The summed E-state index contributed by atoms with van der Waals surface area (Å²) in [7, 11) is 0. The molecule has 1 fully saturated rings. The Balaban J connectivity index is 1.48. The topological polar surface area (TPSA) is 20.0 Å². The highest BCUT2D eigenvalue weighted by Gasteiger charge is 2.18. The van der Waals surface area contributed by atoms with Gasteiger partial charge in [-0.3, -0.25) is 5.01 Å². The Morgan fingerprint density at radius 1 is 1.04 bits per heavy atom. The van der Waals surface area contributed by atoms with Gasteiger partial charge in [0.05, 0.1) is 32.4 Å². The van der Waals surface area contributed by atoms with Crippen molar-refractivity contribution in [3.63, 3.8) is 0 Å². The third-order valence-electron chi connectivity index (χ3n) is 4.26. The molecule has 0 saturated carbocycles. The molecular formula is C19H23FN3+. The van der Waals surface area contributed by atoms with E-state index < -0.39 is 0 Å². The average Bonchev–Trinajstić information content (AvgIpc) is 2.58. The lowest BCUT2D eigenvalue weighted by atomic mass is 10.1. The van der Waals surface area contributed by atoms with E-state index in [2.05, 4.69) is 41.3 Å². The summed E-state index contributed by atoms with van der Waals surface area (Å²) in [5.41, 5.74) is 3.64. The van der Waals surface area contributed by atoms with E-state index in [9.17, 15) is 4.39 Å². The van der Waals surface area contributed by atoms with E-state index in [4.69, 9.17) is 0 Å². The molecule has 1 heterocycles. The van der Waals surface area contributed by atoms with Gasteiger partial charge in [0.15, 0.2) is 0 Å². The molecular weight excluding hydrogens is 289 g/mol. The molecule has 0 radical (unpaired) electrons. The van der Waals surface area contributed by atoms with E-state index in [0.29, 0.717) is 0 Å². The highest BCUT2D eigenvalue weighted by molar-refractivity contribution is 5.79. The van der Waals surface area contributed by atoms with Crippen LogP contribution in [0.25, 0.3) is 0 Å². The lowest BCUT2D eigenvalue weighted by Crippen LogP contribution is -3.13. The normalized spacial score (nSPS) is 16.2. The van der Waals surface area contributed by atoms with Gasteiger partial charge in [-0.15, -0.1) is 0 Å². The number of rotatable bonds is 4. The molecule has 0 amide bonds. The van der Waals surface area contributed by atoms with Crippen LogP contribution in [0.1, 0.15) is 16.7 Å². The van der Waals surface area contributed by atoms with Crippen molar-refractivity contribution in [2.75, 3.05) is 26.2 Å². The number of nitrogens with one attached hydrogen (secondary N) is 1. The second-order valence-corrected chi connectivity index (χ2v) is 6.16. The number of aryl methyl sites for hydroxylation is 1. The van der Waals surface area contributed by atoms with Crippen molar-refractivity contribution in [3.05, 3.63) is 71.0 Å². The predicted octanol–water partition coefficient (Wildman–Crippen LogP) is 1.87. The van der Waals surface area contributed by atoms with Crippen molar-refractivity contribution >= 4 is 6.21 Å². The first-order valence-electron chi connectivity index (χ1n) is 8.13. The lowest BCUT2D eigenvalue weighted by Gasteiger charge is -2.30. The van der Waals surface area contributed by atoms with Gasteiger partial charge in [-0.05, 0) is 24.6 Å². The second-order valence-electron chi connectivity index (χ2n) is 6.16. The van der Waals surface area contributed by atoms with E-state index in [0.717, 1.165) is 38.3 Å². The second kappa shape index (κ2) is 7.38. The Labute approximate surface area is 137 Å². The van der Waals surface area contributed by atoms with E-state index in [1.807, 2.05) is 6.21 Å². The number of nitrogens with zero attached hydrogens (tertiary/aromatic N) is 2. The van der Waals surface area contributed by atoms with E-state index in [-0.39, 0.29) is 5.82 Å². The van der Waals surface area contributed by atoms with Crippen LogP contribution in [0.3, 0.4) is 0 Å². The smallest absolute Gasteiger partial charge is 0.123 e. The van der Waals surface area contributed by atoms with Crippen LogP contribution >= 0.6 is 0 Å². The highest BCUT2D eigenvalue weighted by Crippen LogP contribution is 2.03. The van der Waals surface area contributed by atoms with Crippen LogP contribution in [-0.4, -0.2) is 37.4 Å². The summed E-state index contributed by atoms with van der Waals surface area (Å²) >= 11 is 0. The Hall–Kier alpha value is -2.20. The molecule has 1 saturated heterocycles. The summed E-state index contributed by atoms with van der Waals surface area (Å²) in [4.78, 5) is 1.60. The van der Waals surface area contributed by atoms with Crippen molar-refractivity contribution in [1.82, 2.24) is 5.01 Å². The van der Waals surface area contributed by atoms with Crippen LogP contribution < -0.4 is 4.90 Å². The van der Waals surface area contributed by atoms with Crippen LogP contribution in [0, 0.1) is 12.7 Å². The SMILES string of the molecule is Cc1ccc(C[NH+]2CCN(/N=C/c3ccc(F)cc3)CC2)cc1. The fraction of sp³-hybridized carbons (Fsp3) is 0.316. The van der Waals surface area contributed by atoms with Gasteiger partial charge < -0.3 is 4.90 Å². The van der Waals surface area contributed by atoms with Gasteiger partial charge in [0.25, 0.3) is 0 Å². The van der Waals surface area contributed by atoms with E-state index in [1.54, 1.807) is 17.0 Å². The number of hydrogen-bond donors (Lipinski definition) is 1. The van der Waals surface area contributed by atoms with Crippen LogP contribution in [0.5, 0.6) is 0 Å². The number of quaternary nitrogens is 1. The predicted molar refractivity (Wildman–Crippen MR) is 91.1 cm³/mol. The molecule has 1 aliphatic heterocycles. The Bertz CT molecular complexity index is 641. The van der Waals surface area contributed by atoms with Crippen LogP contribution in [0.4, 0.5) is 4.39 Å². The zero-order valence-corrected chi connectivity index (χ0v) is 13.5. The quantitative estimate of drug-likeness (QED) is 0.855. The molecule has 3 nitrogen and oxygen atoms in total. The summed E-state index contributed by atoms with van der Waals surface area (Å²) in [6.45, 7) is 7.30. The van der Waals surface area contributed by atoms with Gasteiger partial charge in [0.2, 0.25) is 0 Å². The molecule has 0 aliphatic carbocycles. The standard InChI is InChI=1S/C19H22FN3/c1-16-2-4-18(5-3-16)15-22-10-12-23(13-11-22)21-14-17-6-8-19(20)9-7-17/h2-9,14H,10-13,15H2,1H3/p+1/b21-14+. The summed E-state index contributed by atoms with van der Waals surface area (Å²) in [6.07, 6.45) is 1.81. The lowest BCUT2D eigenvalue weighted by molar-refractivity contribution is -0.918. The third kappa shape index (κ3) is 4.63. The van der Waals surface area contributed by atoms with E-state index in [1.165, 1.54) is 23.3 Å². The number of halogens is 1. The average molecular weight is 312 g/mol. The van der Waals surface area contributed by atoms with Gasteiger partial charge >= 0.3 is 0 Å². The van der Waals surface area contributed by atoms with Crippen LogP contribution in [0.15, 0.2) is 53.6 Å². The molecule has 120 valence electrons. The molecule has 0 aromatic heterocycles. The molecule has 2 aromatic rings. The van der Waals surface area contributed by atoms with Crippen molar-refractivity contribution in [3.8, 4) is 0 Å². The molecule has 23 heavy (non-hydrogen) atoms. The monoisotopic (exact) mass is 312 g/mol. The fourth-order valence-electron chi connectivity index (χ4n) is 2.80. The van der Waals surface area contributed by atoms with Gasteiger partial charge in [-0.25, -0.2) is 4.39 Å². The van der Waals surface area contributed by atoms with Crippen LogP contribution in [0.2, 0.25) is 0 Å². The zero-order chi connectivity index (χ0) is 16.1. The third-order valence-corrected chi connectivity index (χ3v) is 4.26. The van der Waals surface area contributed by atoms with Crippen molar-refractivity contribution in [2.24, 2.45) is 5.10 Å². The zero-order valence-electron chi connectivity index (χ0n) is 13.5. The molecule has 1 N–H and O–H groups in total. The fourth-order valence-corrected chi connectivity index (χ4v) is 2.80. The minimum absolute atomic E-state index is 0.213. The summed E-state index contributed by atoms with van der Waals surface area (Å²) < 4.78 is 12.9. The van der Waals surface area contributed by atoms with Crippen LogP contribution in [-0.2, 0) is 6.54 Å². The summed E-state index contributed by atoms with van der Waals surface area (Å²) in [5.74, 6) is -0.213. The first-order valence-corrected chi connectivity index (χ1v) is 8.13. The highest BCUT2D eigenvalue weighted by atomic mass is 19.1. The molecule has 0 atom stereocenters. The first-order chi connectivity index (χ1) is 11.2. The van der Waals surface area contributed by atoms with Crippen molar-refractivity contribution < 1.29 is 9.29 Å². The molecule has 3 rings (SSSR count). The van der Waals surface area contributed by atoms with Gasteiger partial charge in [0, 0.05) is 5.56 Å². The minimum atomic E-state index is -0.213. The number of hydrazone groups is 1. The number of hydrogen-bond acceptors (Lipinski definition) is 2. The first kappa shape index (κ1) is 15.7. The molecule has 0 bridgehead atoms. The Morgan fingerprint density at radius 3 is 2.35 bits per heavy atom.